The minimum atomic E-state index is -4.47. The van der Waals surface area contributed by atoms with Crippen LogP contribution in [-0.2, 0) is 17.3 Å². The van der Waals surface area contributed by atoms with Crippen LogP contribution in [-0.4, -0.2) is 27.8 Å². The second kappa shape index (κ2) is 7.22. The number of nitrogens with zero attached hydrogens (tertiary/aromatic N) is 1. The Labute approximate surface area is 163 Å². The van der Waals surface area contributed by atoms with Crippen LogP contribution in [0.15, 0.2) is 33.9 Å². The molecule has 29 heavy (non-hydrogen) atoms. The van der Waals surface area contributed by atoms with Crippen molar-refractivity contribution >= 4 is 5.65 Å². The van der Waals surface area contributed by atoms with Gasteiger partial charge in [0.15, 0.2) is 0 Å². The van der Waals surface area contributed by atoms with E-state index in [2.05, 4.69) is 10.1 Å². The van der Waals surface area contributed by atoms with Crippen LogP contribution in [0.25, 0.3) is 5.65 Å². The van der Waals surface area contributed by atoms with Gasteiger partial charge < -0.3 is 9.72 Å². The summed E-state index contributed by atoms with van der Waals surface area (Å²) in [5.41, 5.74) is 0.0750. The van der Waals surface area contributed by atoms with Crippen LogP contribution in [0.4, 0.5) is 13.2 Å². The minimum absolute atomic E-state index is 0.0191. The summed E-state index contributed by atoms with van der Waals surface area (Å²) < 4.78 is 46.1. The Morgan fingerprint density at radius 2 is 1.93 bits per heavy atom. The average molecular weight is 407 g/mol. The van der Waals surface area contributed by atoms with Crippen LogP contribution < -0.4 is 11.1 Å². The maximum absolute atomic E-state index is 13.2. The summed E-state index contributed by atoms with van der Waals surface area (Å²) in [5, 5.41) is 2.48. The predicted octanol–water partition coefficient (Wildman–Crippen LogP) is 3.13. The number of ether oxygens (including phenoxy) is 1. The zero-order valence-electron chi connectivity index (χ0n) is 15.7. The number of aromatic amines is 2. The number of nitrogens with one attached hydrogen (secondary N) is 2. The van der Waals surface area contributed by atoms with Crippen molar-refractivity contribution in [2.45, 2.75) is 38.3 Å². The van der Waals surface area contributed by atoms with Crippen molar-refractivity contribution in [3.8, 4) is 0 Å². The molecular formula is C20H20F3N3O3. The maximum atomic E-state index is 13.2. The molecule has 1 aliphatic rings. The van der Waals surface area contributed by atoms with Crippen molar-refractivity contribution in [2.75, 3.05) is 13.2 Å². The fraction of sp³-hybridized carbons (Fsp3) is 0.400. The first kappa shape index (κ1) is 19.5. The van der Waals surface area contributed by atoms with E-state index in [1.807, 2.05) is 0 Å². The summed E-state index contributed by atoms with van der Waals surface area (Å²) >= 11 is 0. The van der Waals surface area contributed by atoms with Gasteiger partial charge in [-0.3, -0.25) is 14.7 Å². The number of fused-ring (bicyclic) bond motifs is 1. The molecule has 0 unspecified atom stereocenters. The second-order valence-corrected chi connectivity index (χ2v) is 7.32. The summed E-state index contributed by atoms with van der Waals surface area (Å²) in [5.74, 6) is 0.106. The second-order valence-electron chi connectivity index (χ2n) is 7.32. The van der Waals surface area contributed by atoms with E-state index in [4.69, 9.17) is 4.74 Å². The van der Waals surface area contributed by atoms with Crippen LogP contribution in [0, 0.1) is 6.92 Å². The lowest BCUT2D eigenvalue weighted by Crippen LogP contribution is -2.21. The lowest BCUT2D eigenvalue weighted by Gasteiger charge is -2.22. The Morgan fingerprint density at radius 3 is 2.62 bits per heavy atom. The number of aromatic nitrogens is 3. The first-order chi connectivity index (χ1) is 13.8. The van der Waals surface area contributed by atoms with E-state index in [0.717, 1.165) is 23.4 Å². The van der Waals surface area contributed by atoms with Gasteiger partial charge >= 0.3 is 6.18 Å². The molecule has 0 amide bonds. The number of benzene rings is 1. The Morgan fingerprint density at radius 1 is 1.21 bits per heavy atom. The molecule has 0 atom stereocenters. The number of H-pyrrole nitrogens is 2. The number of halogens is 3. The van der Waals surface area contributed by atoms with Gasteiger partial charge in [-0.05, 0) is 37.0 Å². The van der Waals surface area contributed by atoms with Crippen LogP contribution in [0.2, 0.25) is 0 Å². The van der Waals surface area contributed by atoms with Crippen LogP contribution >= 0.6 is 0 Å². The summed E-state index contributed by atoms with van der Waals surface area (Å²) in [4.78, 5) is 28.2. The number of alkyl halides is 3. The van der Waals surface area contributed by atoms with E-state index >= 15 is 0 Å². The highest BCUT2D eigenvalue weighted by Gasteiger charge is 2.33. The van der Waals surface area contributed by atoms with Gasteiger partial charge in [-0.15, -0.1) is 0 Å². The number of rotatable bonds is 3. The normalized spacial score (nSPS) is 15.9. The molecule has 1 aliphatic heterocycles. The fourth-order valence-electron chi connectivity index (χ4n) is 3.90. The SMILES string of the molecule is Cc1c(Cc2c(=O)[nH]n3c(=O)cc(C4CCOCC4)[nH]c23)cccc1C(F)(F)F. The molecule has 1 fully saturated rings. The standard InChI is InChI=1S/C20H20F3N3O3/c1-11-13(3-2-4-15(11)20(21,22)23)9-14-18-24-16(12-5-7-29-8-6-12)10-17(27)26(18)25-19(14)28/h2-4,10,12,24H,5-9H2,1H3,(H,25,28). The molecule has 0 spiro atoms. The first-order valence-corrected chi connectivity index (χ1v) is 9.36. The molecule has 0 bridgehead atoms. The van der Waals surface area contributed by atoms with Gasteiger partial charge in [0.25, 0.3) is 11.1 Å². The van der Waals surface area contributed by atoms with Crippen LogP contribution in [0.3, 0.4) is 0 Å². The molecule has 2 N–H and O–H groups in total. The zero-order chi connectivity index (χ0) is 20.8. The highest BCUT2D eigenvalue weighted by atomic mass is 19.4. The van der Waals surface area contributed by atoms with E-state index in [-0.39, 0.29) is 29.0 Å². The Bertz CT molecular complexity index is 1170. The van der Waals surface area contributed by atoms with Crippen molar-refractivity contribution in [1.29, 1.82) is 0 Å². The Hall–Kier alpha value is -2.81. The lowest BCUT2D eigenvalue weighted by molar-refractivity contribution is -0.138. The van der Waals surface area contributed by atoms with Crippen molar-refractivity contribution in [3.63, 3.8) is 0 Å². The van der Waals surface area contributed by atoms with Gasteiger partial charge in [0.1, 0.15) is 5.65 Å². The van der Waals surface area contributed by atoms with Crippen LogP contribution in [0.1, 0.15) is 46.7 Å². The summed E-state index contributed by atoms with van der Waals surface area (Å²) in [6.07, 6.45) is -2.99. The molecule has 4 rings (SSSR count). The molecule has 154 valence electrons. The summed E-state index contributed by atoms with van der Waals surface area (Å²) in [7, 11) is 0. The molecule has 1 saturated heterocycles. The van der Waals surface area contributed by atoms with Crippen molar-refractivity contribution < 1.29 is 17.9 Å². The molecule has 0 aliphatic carbocycles. The van der Waals surface area contributed by atoms with E-state index in [9.17, 15) is 22.8 Å². The highest BCUT2D eigenvalue weighted by Crippen LogP contribution is 2.33. The maximum Gasteiger partial charge on any atom is 0.416 e. The third-order valence-corrected chi connectivity index (χ3v) is 5.54. The lowest BCUT2D eigenvalue weighted by atomic mass is 9.96. The Balaban J connectivity index is 1.80. The first-order valence-electron chi connectivity index (χ1n) is 9.36. The topological polar surface area (TPSA) is 79.4 Å². The molecule has 2 aromatic heterocycles. The molecule has 3 aromatic rings. The number of hydrogen-bond acceptors (Lipinski definition) is 3. The molecular weight excluding hydrogens is 387 g/mol. The molecule has 3 heterocycles. The largest absolute Gasteiger partial charge is 0.416 e. The number of hydrogen-bond donors (Lipinski definition) is 2. The molecule has 1 aromatic carbocycles. The predicted molar refractivity (Wildman–Crippen MR) is 100 cm³/mol. The van der Waals surface area contributed by atoms with Gasteiger partial charge in [0.05, 0.1) is 11.1 Å². The third-order valence-electron chi connectivity index (χ3n) is 5.54. The molecule has 0 saturated carbocycles. The van der Waals surface area contributed by atoms with Crippen molar-refractivity contribution in [3.05, 3.63) is 72.9 Å². The van der Waals surface area contributed by atoms with Crippen molar-refractivity contribution in [1.82, 2.24) is 14.6 Å². The van der Waals surface area contributed by atoms with Gasteiger partial charge in [-0.1, -0.05) is 12.1 Å². The molecule has 6 nitrogen and oxygen atoms in total. The Kier molecular flexibility index (Phi) is 4.85. The fourth-order valence-corrected chi connectivity index (χ4v) is 3.90. The third kappa shape index (κ3) is 3.62. The average Bonchev–Trinajstić information content (AvgIpc) is 2.99. The minimum Gasteiger partial charge on any atom is -0.381 e. The van der Waals surface area contributed by atoms with Gasteiger partial charge in [0.2, 0.25) is 0 Å². The monoisotopic (exact) mass is 407 g/mol. The summed E-state index contributed by atoms with van der Waals surface area (Å²) in [6.45, 7) is 2.57. The van der Waals surface area contributed by atoms with E-state index in [1.54, 1.807) is 6.07 Å². The van der Waals surface area contributed by atoms with E-state index < -0.39 is 17.3 Å². The molecule has 9 heteroatoms. The van der Waals surface area contributed by atoms with E-state index in [1.165, 1.54) is 19.1 Å². The molecule has 0 radical (unpaired) electrons. The van der Waals surface area contributed by atoms with Crippen molar-refractivity contribution in [2.24, 2.45) is 0 Å². The zero-order valence-corrected chi connectivity index (χ0v) is 15.7. The summed E-state index contributed by atoms with van der Waals surface area (Å²) in [6, 6.07) is 5.37. The van der Waals surface area contributed by atoms with Gasteiger partial charge in [0, 0.05) is 37.3 Å². The van der Waals surface area contributed by atoms with Gasteiger partial charge in [-0.25, -0.2) is 4.52 Å². The van der Waals surface area contributed by atoms with Gasteiger partial charge in [-0.2, -0.15) is 13.2 Å². The quantitative estimate of drug-likeness (QED) is 0.700. The van der Waals surface area contributed by atoms with E-state index in [0.29, 0.717) is 30.1 Å². The smallest absolute Gasteiger partial charge is 0.381 e. The highest BCUT2D eigenvalue weighted by molar-refractivity contribution is 5.51. The van der Waals surface area contributed by atoms with Crippen LogP contribution in [0.5, 0.6) is 0 Å².